The van der Waals surface area contributed by atoms with Gasteiger partial charge in [0.25, 0.3) is 0 Å². The van der Waals surface area contributed by atoms with Crippen molar-refractivity contribution in [3.05, 3.63) is 0 Å². The van der Waals surface area contributed by atoms with Crippen LogP contribution in [0.5, 0.6) is 0 Å². The minimum Gasteiger partial charge on any atom is -0.409 e. The van der Waals surface area contributed by atoms with Crippen LogP contribution in [0, 0.1) is 16.7 Å². The van der Waals surface area contributed by atoms with E-state index in [4.69, 9.17) is 10.9 Å². The Labute approximate surface area is 121 Å². The average molecular weight is 281 g/mol. The highest BCUT2D eigenvalue weighted by Crippen LogP contribution is 2.51. The number of nitrogens with one attached hydrogen (secondary N) is 1. The molecule has 2 aliphatic rings. The fraction of sp³-hybridized carbons (Fsp3) is 0.867. The summed E-state index contributed by atoms with van der Waals surface area (Å²) in [6.45, 7) is 5.13. The third-order valence-electron chi connectivity index (χ3n) is 5.22. The summed E-state index contributed by atoms with van der Waals surface area (Å²) in [4.78, 5) is 12.6. The normalized spacial score (nSPS) is 28.5. The Hall–Kier alpha value is -1.26. The van der Waals surface area contributed by atoms with Gasteiger partial charge >= 0.3 is 0 Å². The lowest BCUT2D eigenvalue weighted by atomic mass is 9.78. The quantitative estimate of drug-likeness (QED) is 0.243. The summed E-state index contributed by atoms with van der Waals surface area (Å²) >= 11 is 0. The number of hydrogen-bond donors (Lipinski definition) is 3. The molecule has 0 spiro atoms. The Kier molecular flexibility index (Phi) is 4.25. The number of carbonyl (C=O) groups excluding carboxylic acids is 1. The number of amidine groups is 1. The zero-order chi connectivity index (χ0) is 14.8. The van der Waals surface area contributed by atoms with Crippen molar-refractivity contribution in [3.63, 3.8) is 0 Å². The molecule has 1 amide bonds. The van der Waals surface area contributed by atoms with Gasteiger partial charge in [-0.05, 0) is 30.6 Å². The lowest BCUT2D eigenvalue weighted by molar-refractivity contribution is -0.128. The van der Waals surface area contributed by atoms with Crippen LogP contribution in [-0.4, -0.2) is 23.5 Å². The predicted octanol–water partition coefficient (Wildman–Crippen LogP) is 2.24. The van der Waals surface area contributed by atoms with Gasteiger partial charge in [-0.2, -0.15) is 0 Å². The van der Waals surface area contributed by atoms with Gasteiger partial charge in [-0.3, -0.25) is 4.79 Å². The maximum absolute atomic E-state index is 12.6. The Morgan fingerprint density at radius 3 is 2.30 bits per heavy atom. The molecule has 0 aromatic carbocycles. The fourth-order valence-electron chi connectivity index (χ4n) is 3.34. The van der Waals surface area contributed by atoms with E-state index in [9.17, 15) is 4.79 Å². The van der Waals surface area contributed by atoms with Crippen LogP contribution in [0.2, 0.25) is 0 Å². The van der Waals surface area contributed by atoms with Gasteiger partial charge in [0.1, 0.15) is 5.41 Å². The summed E-state index contributed by atoms with van der Waals surface area (Å²) in [6, 6.07) is 0. The largest absolute Gasteiger partial charge is 0.409 e. The second kappa shape index (κ2) is 5.62. The van der Waals surface area contributed by atoms with Gasteiger partial charge < -0.3 is 16.3 Å². The van der Waals surface area contributed by atoms with Crippen molar-refractivity contribution in [2.45, 2.75) is 58.8 Å². The molecule has 0 radical (unpaired) electrons. The predicted molar refractivity (Wildman–Crippen MR) is 78.4 cm³/mol. The van der Waals surface area contributed by atoms with E-state index in [0.717, 1.165) is 32.1 Å². The lowest BCUT2D eigenvalue weighted by Crippen LogP contribution is -2.50. The maximum atomic E-state index is 12.6. The molecule has 4 N–H and O–H groups in total. The molecule has 0 saturated heterocycles. The smallest absolute Gasteiger partial charge is 0.233 e. The fourth-order valence-corrected chi connectivity index (χ4v) is 3.34. The van der Waals surface area contributed by atoms with E-state index in [0.29, 0.717) is 30.7 Å². The van der Waals surface area contributed by atoms with E-state index in [2.05, 4.69) is 24.3 Å². The molecule has 2 fully saturated rings. The summed E-state index contributed by atoms with van der Waals surface area (Å²) in [7, 11) is 0. The van der Waals surface area contributed by atoms with Gasteiger partial charge in [-0.15, -0.1) is 0 Å². The molecule has 0 aliphatic heterocycles. The molecule has 114 valence electrons. The summed E-state index contributed by atoms with van der Waals surface area (Å²) in [5, 5.41) is 15.2. The molecular weight excluding hydrogens is 254 g/mol. The molecule has 5 heteroatoms. The van der Waals surface area contributed by atoms with Gasteiger partial charge in [0.15, 0.2) is 5.84 Å². The molecule has 5 nitrogen and oxygen atoms in total. The molecule has 1 unspecified atom stereocenters. The summed E-state index contributed by atoms with van der Waals surface area (Å²) in [5.74, 6) is 0.575. The first-order chi connectivity index (χ1) is 9.42. The molecule has 2 saturated carbocycles. The van der Waals surface area contributed by atoms with E-state index < -0.39 is 5.41 Å². The molecule has 0 bridgehead atoms. The number of hydrogen-bond acceptors (Lipinski definition) is 3. The van der Waals surface area contributed by atoms with E-state index >= 15 is 0 Å². The second-order valence-electron chi connectivity index (χ2n) is 7.08. The Morgan fingerprint density at radius 1 is 1.30 bits per heavy atom. The summed E-state index contributed by atoms with van der Waals surface area (Å²) in [6.07, 6.45) is 6.67. The van der Waals surface area contributed by atoms with E-state index in [1.54, 1.807) is 0 Å². The van der Waals surface area contributed by atoms with Crippen LogP contribution in [-0.2, 0) is 4.79 Å². The highest BCUT2D eigenvalue weighted by Gasteiger charge is 2.47. The van der Waals surface area contributed by atoms with E-state index in [1.165, 1.54) is 0 Å². The van der Waals surface area contributed by atoms with Gasteiger partial charge in [0.05, 0.1) is 0 Å². The number of rotatable bonds is 4. The van der Waals surface area contributed by atoms with Crippen LogP contribution in [0.15, 0.2) is 5.16 Å². The number of amides is 1. The van der Waals surface area contributed by atoms with Crippen LogP contribution in [0.1, 0.15) is 58.8 Å². The topological polar surface area (TPSA) is 87.7 Å². The molecule has 2 rings (SSSR count). The van der Waals surface area contributed by atoms with Crippen molar-refractivity contribution >= 4 is 11.7 Å². The summed E-state index contributed by atoms with van der Waals surface area (Å²) in [5.41, 5.74) is 5.41. The van der Waals surface area contributed by atoms with Crippen LogP contribution < -0.4 is 11.1 Å². The standard InChI is InChI=1S/C15H27N3O2/c1-14(2)9-11(14)10-17-13(19)15(12(16)18-20)7-5-3-4-6-8-15/h11,20H,3-10H2,1-2H3,(H2,16,18)(H,17,19). The van der Waals surface area contributed by atoms with Crippen LogP contribution >= 0.6 is 0 Å². The highest BCUT2D eigenvalue weighted by atomic mass is 16.4. The van der Waals surface area contributed by atoms with E-state index in [-0.39, 0.29) is 11.7 Å². The number of nitrogens with zero attached hydrogens (tertiary/aromatic N) is 1. The van der Waals surface area contributed by atoms with Crippen molar-refractivity contribution in [1.29, 1.82) is 0 Å². The third-order valence-corrected chi connectivity index (χ3v) is 5.22. The molecule has 0 aromatic rings. The Balaban J connectivity index is 2.04. The van der Waals surface area contributed by atoms with Crippen LogP contribution in [0.4, 0.5) is 0 Å². The first kappa shape index (κ1) is 15.1. The van der Waals surface area contributed by atoms with Crippen molar-refractivity contribution < 1.29 is 10.0 Å². The van der Waals surface area contributed by atoms with Crippen LogP contribution in [0.3, 0.4) is 0 Å². The molecule has 1 atom stereocenters. The molecule has 0 aromatic heterocycles. The number of carbonyl (C=O) groups is 1. The monoisotopic (exact) mass is 281 g/mol. The zero-order valence-corrected chi connectivity index (χ0v) is 12.6. The van der Waals surface area contributed by atoms with Crippen molar-refractivity contribution in [1.82, 2.24) is 5.32 Å². The Bertz CT molecular complexity index is 396. The molecule has 2 aliphatic carbocycles. The highest BCUT2D eigenvalue weighted by molar-refractivity contribution is 6.06. The first-order valence-corrected chi connectivity index (χ1v) is 7.69. The van der Waals surface area contributed by atoms with Gasteiger partial charge in [0, 0.05) is 6.54 Å². The van der Waals surface area contributed by atoms with E-state index in [1.807, 2.05) is 0 Å². The molecule has 20 heavy (non-hydrogen) atoms. The molecule has 0 heterocycles. The average Bonchev–Trinajstić information content (AvgIpc) is 3.11. The van der Waals surface area contributed by atoms with Gasteiger partial charge in [0.2, 0.25) is 5.91 Å². The van der Waals surface area contributed by atoms with Crippen molar-refractivity contribution in [2.24, 2.45) is 27.6 Å². The number of oxime groups is 1. The van der Waals surface area contributed by atoms with Crippen molar-refractivity contribution in [2.75, 3.05) is 6.54 Å². The minimum atomic E-state index is -0.801. The third kappa shape index (κ3) is 2.91. The van der Waals surface area contributed by atoms with Crippen LogP contribution in [0.25, 0.3) is 0 Å². The van der Waals surface area contributed by atoms with Gasteiger partial charge in [-0.1, -0.05) is 44.7 Å². The van der Waals surface area contributed by atoms with Gasteiger partial charge in [-0.25, -0.2) is 0 Å². The minimum absolute atomic E-state index is 0.0580. The Morgan fingerprint density at radius 2 is 1.85 bits per heavy atom. The lowest BCUT2D eigenvalue weighted by Gasteiger charge is -2.30. The maximum Gasteiger partial charge on any atom is 0.233 e. The SMILES string of the molecule is CC1(C)CC1CNC(=O)C1(C(N)=NO)CCCCCC1. The first-order valence-electron chi connectivity index (χ1n) is 7.69. The van der Waals surface area contributed by atoms with Crippen molar-refractivity contribution in [3.8, 4) is 0 Å². The summed E-state index contributed by atoms with van der Waals surface area (Å²) < 4.78 is 0. The second-order valence-corrected chi connectivity index (χ2v) is 7.08. The zero-order valence-electron chi connectivity index (χ0n) is 12.6. The molecular formula is C15H27N3O2. The number of nitrogens with two attached hydrogens (primary N) is 1.